The van der Waals surface area contributed by atoms with Crippen molar-refractivity contribution in [2.75, 3.05) is 0 Å². The predicted octanol–water partition coefficient (Wildman–Crippen LogP) is 2.43. The third-order valence-corrected chi connectivity index (χ3v) is 1.08. The van der Waals surface area contributed by atoms with E-state index in [0.29, 0.717) is 0 Å². The molecule has 0 saturated heterocycles. The average Bonchev–Trinajstić information content (AvgIpc) is 1.82. The SMILES string of the molecule is CC(C)(C)C(=O)OC(F)C(F)(F)F. The quantitative estimate of drug-likeness (QED) is 0.482. The highest BCUT2D eigenvalue weighted by atomic mass is 19.4. The number of rotatable bonds is 1. The molecule has 1 unspecified atom stereocenters. The van der Waals surface area contributed by atoms with Gasteiger partial charge in [0.25, 0.3) is 0 Å². The molecule has 6 heteroatoms. The molecule has 0 fully saturated rings. The number of carbonyl (C=O) groups excluding carboxylic acids is 1. The van der Waals surface area contributed by atoms with E-state index in [-0.39, 0.29) is 0 Å². The Morgan fingerprint density at radius 2 is 1.62 bits per heavy atom. The molecule has 0 N–H and O–H groups in total. The van der Waals surface area contributed by atoms with Gasteiger partial charge in [0, 0.05) is 0 Å². The fraction of sp³-hybridized carbons (Fsp3) is 0.857. The topological polar surface area (TPSA) is 26.3 Å². The zero-order valence-corrected chi connectivity index (χ0v) is 7.41. The molecule has 0 rings (SSSR count). The van der Waals surface area contributed by atoms with Gasteiger partial charge < -0.3 is 4.74 Å². The summed E-state index contributed by atoms with van der Waals surface area (Å²) in [7, 11) is 0. The first-order valence-corrected chi connectivity index (χ1v) is 3.47. The monoisotopic (exact) mass is 202 g/mol. The largest absolute Gasteiger partial charge is 0.457 e. The summed E-state index contributed by atoms with van der Waals surface area (Å²) >= 11 is 0. The zero-order chi connectivity index (χ0) is 10.9. The number of esters is 1. The van der Waals surface area contributed by atoms with Crippen molar-refractivity contribution in [1.29, 1.82) is 0 Å². The van der Waals surface area contributed by atoms with Crippen LogP contribution in [0.4, 0.5) is 17.6 Å². The van der Waals surface area contributed by atoms with Crippen molar-refractivity contribution in [2.45, 2.75) is 33.3 Å². The van der Waals surface area contributed by atoms with E-state index in [4.69, 9.17) is 0 Å². The van der Waals surface area contributed by atoms with E-state index in [1.807, 2.05) is 0 Å². The highest BCUT2D eigenvalue weighted by Gasteiger charge is 2.44. The third kappa shape index (κ3) is 4.10. The molecule has 0 radical (unpaired) electrons. The normalized spacial score (nSPS) is 15.3. The Labute approximate surface area is 72.9 Å². The van der Waals surface area contributed by atoms with Crippen molar-refractivity contribution in [1.82, 2.24) is 0 Å². The Balaban J connectivity index is 4.24. The van der Waals surface area contributed by atoms with Crippen molar-refractivity contribution in [2.24, 2.45) is 5.41 Å². The lowest BCUT2D eigenvalue weighted by Crippen LogP contribution is -2.34. The van der Waals surface area contributed by atoms with Crippen LogP contribution in [-0.4, -0.2) is 18.5 Å². The first-order valence-electron chi connectivity index (χ1n) is 3.47. The minimum Gasteiger partial charge on any atom is -0.421 e. The number of carbonyl (C=O) groups is 1. The van der Waals surface area contributed by atoms with Crippen LogP contribution in [0.15, 0.2) is 0 Å². The van der Waals surface area contributed by atoms with E-state index in [1.54, 1.807) is 0 Å². The second kappa shape index (κ2) is 3.51. The summed E-state index contributed by atoms with van der Waals surface area (Å²) in [6.07, 6.45) is -8.69. The Bertz CT molecular complexity index is 192. The molecule has 0 aliphatic carbocycles. The van der Waals surface area contributed by atoms with Gasteiger partial charge in [0.15, 0.2) is 0 Å². The van der Waals surface area contributed by atoms with Crippen LogP contribution in [0.2, 0.25) is 0 Å². The molecule has 0 heterocycles. The maximum atomic E-state index is 12.1. The maximum absolute atomic E-state index is 12.1. The Morgan fingerprint density at radius 1 is 1.23 bits per heavy atom. The molecule has 78 valence electrons. The summed E-state index contributed by atoms with van der Waals surface area (Å²) in [5.41, 5.74) is -1.14. The van der Waals surface area contributed by atoms with Crippen molar-refractivity contribution < 1.29 is 27.1 Å². The number of alkyl halides is 4. The van der Waals surface area contributed by atoms with E-state index in [9.17, 15) is 22.4 Å². The van der Waals surface area contributed by atoms with Crippen LogP contribution in [0.25, 0.3) is 0 Å². The van der Waals surface area contributed by atoms with Crippen LogP contribution in [0, 0.1) is 5.41 Å². The molecule has 0 aliphatic rings. The first-order chi connectivity index (χ1) is 5.55. The summed E-state index contributed by atoms with van der Waals surface area (Å²) < 4.78 is 50.3. The second-order valence-electron chi connectivity index (χ2n) is 3.51. The summed E-state index contributed by atoms with van der Waals surface area (Å²) in [5, 5.41) is 0. The van der Waals surface area contributed by atoms with Gasteiger partial charge in [-0.25, -0.2) is 0 Å². The molecule has 13 heavy (non-hydrogen) atoms. The zero-order valence-electron chi connectivity index (χ0n) is 7.41. The third-order valence-electron chi connectivity index (χ3n) is 1.08. The fourth-order valence-corrected chi connectivity index (χ4v) is 0.338. The van der Waals surface area contributed by atoms with Gasteiger partial charge in [0.1, 0.15) is 0 Å². The van der Waals surface area contributed by atoms with Gasteiger partial charge in [0.2, 0.25) is 0 Å². The number of hydrogen-bond donors (Lipinski definition) is 0. The van der Waals surface area contributed by atoms with Gasteiger partial charge in [-0.1, -0.05) is 0 Å². The number of hydrogen-bond acceptors (Lipinski definition) is 2. The van der Waals surface area contributed by atoms with Crippen molar-refractivity contribution in [3.63, 3.8) is 0 Å². The van der Waals surface area contributed by atoms with Gasteiger partial charge >= 0.3 is 18.5 Å². The maximum Gasteiger partial charge on any atom is 0.457 e. The molecular formula is C7H10F4O2. The van der Waals surface area contributed by atoms with Crippen LogP contribution in [0.3, 0.4) is 0 Å². The predicted molar refractivity (Wildman–Crippen MR) is 36.5 cm³/mol. The van der Waals surface area contributed by atoms with Crippen LogP contribution in [0.1, 0.15) is 20.8 Å². The van der Waals surface area contributed by atoms with Crippen molar-refractivity contribution in [3.05, 3.63) is 0 Å². The molecule has 0 aliphatic heterocycles. The highest BCUT2D eigenvalue weighted by Crippen LogP contribution is 2.26. The van der Waals surface area contributed by atoms with E-state index in [2.05, 4.69) is 4.74 Å². The van der Waals surface area contributed by atoms with Crippen LogP contribution in [-0.2, 0) is 9.53 Å². The molecule has 0 aromatic carbocycles. The van der Waals surface area contributed by atoms with Crippen LogP contribution < -0.4 is 0 Å². The smallest absolute Gasteiger partial charge is 0.421 e. The molecule has 0 amide bonds. The van der Waals surface area contributed by atoms with E-state index < -0.39 is 23.9 Å². The lowest BCUT2D eigenvalue weighted by Gasteiger charge is -2.19. The molecule has 0 aromatic heterocycles. The summed E-state index contributed by atoms with van der Waals surface area (Å²) in [4.78, 5) is 10.8. The molecule has 2 nitrogen and oxygen atoms in total. The van der Waals surface area contributed by atoms with Crippen LogP contribution in [0.5, 0.6) is 0 Å². The molecule has 0 aromatic rings. The Morgan fingerprint density at radius 3 is 1.85 bits per heavy atom. The fourth-order valence-electron chi connectivity index (χ4n) is 0.338. The number of halogens is 4. The highest BCUT2D eigenvalue weighted by molar-refractivity contribution is 5.75. The molecular weight excluding hydrogens is 192 g/mol. The van der Waals surface area contributed by atoms with E-state index in [0.717, 1.165) is 0 Å². The minimum atomic E-state index is -5.15. The summed E-state index contributed by atoms with van der Waals surface area (Å²) in [6, 6.07) is 0. The first kappa shape index (κ1) is 12.2. The summed E-state index contributed by atoms with van der Waals surface area (Å²) in [5.74, 6) is -1.22. The van der Waals surface area contributed by atoms with Gasteiger partial charge in [-0.2, -0.15) is 17.6 Å². The summed E-state index contributed by atoms with van der Waals surface area (Å²) in [6.45, 7) is 4.00. The Hall–Kier alpha value is -0.810. The Kier molecular flexibility index (Phi) is 3.29. The van der Waals surface area contributed by atoms with Gasteiger partial charge in [-0.3, -0.25) is 4.79 Å². The van der Waals surface area contributed by atoms with Gasteiger partial charge in [-0.15, -0.1) is 0 Å². The average molecular weight is 202 g/mol. The molecule has 1 atom stereocenters. The lowest BCUT2D eigenvalue weighted by molar-refractivity contribution is -0.261. The van der Waals surface area contributed by atoms with E-state index >= 15 is 0 Å². The van der Waals surface area contributed by atoms with Crippen molar-refractivity contribution >= 4 is 5.97 Å². The molecule has 0 bridgehead atoms. The molecule has 0 spiro atoms. The standard InChI is InChI=1S/C7H10F4O2/c1-6(2,3)5(12)13-4(8)7(9,10)11/h4H,1-3H3. The second-order valence-corrected chi connectivity index (χ2v) is 3.51. The lowest BCUT2D eigenvalue weighted by atomic mass is 9.97. The van der Waals surface area contributed by atoms with Gasteiger partial charge in [0.05, 0.1) is 5.41 Å². The van der Waals surface area contributed by atoms with Crippen LogP contribution >= 0.6 is 0 Å². The van der Waals surface area contributed by atoms with E-state index in [1.165, 1.54) is 20.8 Å². The minimum absolute atomic E-state index is 1.14. The van der Waals surface area contributed by atoms with Crippen molar-refractivity contribution in [3.8, 4) is 0 Å². The number of ether oxygens (including phenoxy) is 1. The van der Waals surface area contributed by atoms with Gasteiger partial charge in [-0.05, 0) is 20.8 Å². The molecule has 0 saturated carbocycles.